The van der Waals surface area contributed by atoms with Crippen molar-refractivity contribution in [2.24, 2.45) is 4.99 Å². The molecule has 5 heteroatoms. The number of nitrogen functional groups attached to an aromatic ring is 1. The van der Waals surface area contributed by atoms with Gasteiger partial charge in [-0.05, 0) is 12.1 Å². The van der Waals surface area contributed by atoms with Gasteiger partial charge in [-0.15, -0.1) is 0 Å². The summed E-state index contributed by atoms with van der Waals surface area (Å²) in [4.78, 5) is 4.15. The van der Waals surface area contributed by atoms with Gasteiger partial charge in [0.05, 0.1) is 12.2 Å². The van der Waals surface area contributed by atoms with Crippen LogP contribution in [0.4, 0.5) is 10.1 Å². The third-order valence-electron chi connectivity index (χ3n) is 2.09. The summed E-state index contributed by atoms with van der Waals surface area (Å²) in [6.45, 7) is 1.95. The Kier molecular flexibility index (Phi) is 2.71. The summed E-state index contributed by atoms with van der Waals surface area (Å²) >= 11 is 0. The van der Waals surface area contributed by atoms with E-state index >= 15 is 0 Å². The summed E-state index contributed by atoms with van der Waals surface area (Å²) in [5, 5.41) is 3.06. The Labute approximate surface area is 86.9 Å². The van der Waals surface area contributed by atoms with Gasteiger partial charge in [0, 0.05) is 12.6 Å². The average molecular weight is 209 g/mol. The van der Waals surface area contributed by atoms with E-state index in [1.807, 2.05) is 0 Å². The van der Waals surface area contributed by atoms with Crippen LogP contribution in [0.3, 0.4) is 0 Å². The minimum absolute atomic E-state index is 0.124. The van der Waals surface area contributed by atoms with Crippen LogP contribution in [0.5, 0.6) is 5.75 Å². The normalized spacial score (nSPS) is 14.6. The molecule has 2 rings (SSSR count). The van der Waals surface area contributed by atoms with E-state index in [9.17, 15) is 4.39 Å². The summed E-state index contributed by atoms with van der Waals surface area (Å²) in [6, 6.07) is 4.38. The maximum Gasteiger partial charge on any atom is 0.149 e. The van der Waals surface area contributed by atoms with Gasteiger partial charge in [0.2, 0.25) is 0 Å². The van der Waals surface area contributed by atoms with E-state index in [1.54, 1.807) is 6.07 Å². The number of hydrogen-bond donors (Lipinski definition) is 2. The standard InChI is InChI=1S/C10H12FN3O/c11-8-5-7(1-2-9(8)12)15-6-10-13-3-4-14-10/h1-2,5H,3-4,6,12H2,(H,13,14). The highest BCUT2D eigenvalue weighted by Crippen LogP contribution is 2.17. The van der Waals surface area contributed by atoms with E-state index in [0.29, 0.717) is 12.4 Å². The molecule has 1 heterocycles. The molecule has 0 aromatic heterocycles. The predicted molar refractivity (Wildman–Crippen MR) is 56.6 cm³/mol. The van der Waals surface area contributed by atoms with Gasteiger partial charge in [0.25, 0.3) is 0 Å². The number of nitrogens with one attached hydrogen (secondary N) is 1. The van der Waals surface area contributed by atoms with Gasteiger partial charge < -0.3 is 15.8 Å². The zero-order valence-electron chi connectivity index (χ0n) is 8.16. The van der Waals surface area contributed by atoms with Crippen molar-refractivity contribution in [2.75, 3.05) is 25.4 Å². The topological polar surface area (TPSA) is 59.6 Å². The fourth-order valence-electron chi connectivity index (χ4n) is 1.29. The summed E-state index contributed by atoms with van der Waals surface area (Å²) in [5.41, 5.74) is 5.46. The van der Waals surface area contributed by atoms with Crippen molar-refractivity contribution < 1.29 is 9.13 Å². The summed E-state index contributed by atoms with van der Waals surface area (Å²) in [5.74, 6) is 0.791. The molecular formula is C10H12FN3O. The van der Waals surface area contributed by atoms with Crippen LogP contribution in [0.1, 0.15) is 0 Å². The molecule has 1 aliphatic heterocycles. The predicted octanol–water partition coefficient (Wildman–Crippen LogP) is 0.788. The first-order valence-electron chi connectivity index (χ1n) is 4.71. The zero-order valence-corrected chi connectivity index (χ0v) is 8.16. The molecule has 1 aliphatic rings. The first-order chi connectivity index (χ1) is 7.25. The number of nitrogens with two attached hydrogens (primary N) is 1. The number of ether oxygens (including phenoxy) is 1. The van der Waals surface area contributed by atoms with Crippen LogP contribution in [0.15, 0.2) is 23.2 Å². The molecule has 0 bridgehead atoms. The molecular weight excluding hydrogens is 197 g/mol. The van der Waals surface area contributed by atoms with Crippen LogP contribution in [0.2, 0.25) is 0 Å². The Morgan fingerprint density at radius 1 is 1.53 bits per heavy atom. The average Bonchev–Trinajstić information content (AvgIpc) is 2.73. The Hall–Kier alpha value is -1.78. The number of benzene rings is 1. The number of aliphatic imine (C=N–C) groups is 1. The molecule has 4 nitrogen and oxygen atoms in total. The first kappa shape index (κ1) is 9.76. The quantitative estimate of drug-likeness (QED) is 0.723. The molecule has 0 unspecified atom stereocenters. The van der Waals surface area contributed by atoms with Crippen molar-refractivity contribution in [3.8, 4) is 5.75 Å². The maximum absolute atomic E-state index is 13.0. The number of anilines is 1. The van der Waals surface area contributed by atoms with Crippen molar-refractivity contribution in [3.05, 3.63) is 24.0 Å². The van der Waals surface area contributed by atoms with Crippen LogP contribution in [-0.2, 0) is 0 Å². The molecule has 0 atom stereocenters. The molecule has 0 amide bonds. The van der Waals surface area contributed by atoms with Gasteiger partial charge >= 0.3 is 0 Å². The van der Waals surface area contributed by atoms with Gasteiger partial charge in [-0.2, -0.15) is 0 Å². The van der Waals surface area contributed by atoms with Gasteiger partial charge in [-0.25, -0.2) is 4.39 Å². The largest absolute Gasteiger partial charge is 0.486 e. The summed E-state index contributed by atoms with van der Waals surface area (Å²) < 4.78 is 18.4. The van der Waals surface area contributed by atoms with Crippen LogP contribution in [-0.4, -0.2) is 25.5 Å². The van der Waals surface area contributed by atoms with Gasteiger partial charge in [0.15, 0.2) is 0 Å². The molecule has 0 spiro atoms. The molecule has 1 aromatic carbocycles. The second kappa shape index (κ2) is 4.16. The zero-order chi connectivity index (χ0) is 10.7. The Morgan fingerprint density at radius 3 is 3.07 bits per heavy atom. The lowest BCUT2D eigenvalue weighted by atomic mass is 10.3. The molecule has 0 saturated carbocycles. The van der Waals surface area contributed by atoms with Crippen molar-refractivity contribution >= 4 is 11.5 Å². The smallest absolute Gasteiger partial charge is 0.149 e. The molecule has 0 radical (unpaired) electrons. The fourth-order valence-corrected chi connectivity index (χ4v) is 1.29. The van der Waals surface area contributed by atoms with Crippen molar-refractivity contribution in [3.63, 3.8) is 0 Å². The summed E-state index contributed by atoms with van der Waals surface area (Å²) in [6.07, 6.45) is 0. The lowest BCUT2D eigenvalue weighted by Crippen LogP contribution is -2.24. The van der Waals surface area contributed by atoms with E-state index in [-0.39, 0.29) is 5.69 Å². The second-order valence-electron chi connectivity index (χ2n) is 3.23. The molecule has 80 valence electrons. The molecule has 15 heavy (non-hydrogen) atoms. The lowest BCUT2D eigenvalue weighted by molar-refractivity contribution is 0.371. The Bertz CT molecular complexity index is 392. The van der Waals surface area contributed by atoms with Gasteiger partial charge in [-0.1, -0.05) is 0 Å². The van der Waals surface area contributed by atoms with Crippen LogP contribution in [0.25, 0.3) is 0 Å². The summed E-state index contributed by atoms with van der Waals surface area (Å²) in [7, 11) is 0. The number of amidine groups is 1. The van der Waals surface area contributed by atoms with E-state index in [0.717, 1.165) is 18.9 Å². The van der Waals surface area contributed by atoms with Crippen LogP contribution < -0.4 is 15.8 Å². The monoisotopic (exact) mass is 209 g/mol. The third-order valence-corrected chi connectivity index (χ3v) is 2.09. The van der Waals surface area contributed by atoms with Crippen molar-refractivity contribution in [1.29, 1.82) is 0 Å². The fraction of sp³-hybridized carbons (Fsp3) is 0.300. The maximum atomic E-state index is 13.0. The number of hydrogen-bond acceptors (Lipinski definition) is 4. The number of halogens is 1. The van der Waals surface area contributed by atoms with E-state index in [2.05, 4.69) is 10.3 Å². The Morgan fingerprint density at radius 2 is 2.40 bits per heavy atom. The molecule has 0 fully saturated rings. The van der Waals surface area contributed by atoms with Crippen LogP contribution in [0, 0.1) is 5.82 Å². The third kappa shape index (κ3) is 2.37. The SMILES string of the molecule is Nc1ccc(OCC2=NCCN2)cc1F. The van der Waals surface area contributed by atoms with Gasteiger partial charge in [0.1, 0.15) is 24.0 Å². The van der Waals surface area contributed by atoms with E-state index in [1.165, 1.54) is 12.1 Å². The van der Waals surface area contributed by atoms with Crippen molar-refractivity contribution in [1.82, 2.24) is 5.32 Å². The van der Waals surface area contributed by atoms with Crippen molar-refractivity contribution in [2.45, 2.75) is 0 Å². The minimum Gasteiger partial charge on any atom is -0.486 e. The van der Waals surface area contributed by atoms with Crippen LogP contribution >= 0.6 is 0 Å². The van der Waals surface area contributed by atoms with E-state index in [4.69, 9.17) is 10.5 Å². The highest BCUT2D eigenvalue weighted by atomic mass is 19.1. The molecule has 1 aromatic rings. The molecule has 0 saturated heterocycles. The lowest BCUT2D eigenvalue weighted by Gasteiger charge is -2.07. The highest BCUT2D eigenvalue weighted by Gasteiger charge is 2.06. The minimum atomic E-state index is -0.464. The second-order valence-corrected chi connectivity index (χ2v) is 3.23. The van der Waals surface area contributed by atoms with Gasteiger partial charge in [-0.3, -0.25) is 4.99 Å². The first-order valence-corrected chi connectivity index (χ1v) is 4.71. The number of rotatable bonds is 3. The highest BCUT2D eigenvalue weighted by molar-refractivity contribution is 5.84. The number of nitrogens with zero attached hydrogens (tertiary/aromatic N) is 1. The molecule has 3 N–H and O–H groups in total. The molecule has 0 aliphatic carbocycles. The van der Waals surface area contributed by atoms with E-state index < -0.39 is 5.82 Å². The Balaban J connectivity index is 1.96.